The van der Waals surface area contributed by atoms with Gasteiger partial charge in [-0.15, -0.1) is 0 Å². The van der Waals surface area contributed by atoms with Crippen LogP contribution in [0.15, 0.2) is 27.6 Å². The van der Waals surface area contributed by atoms with E-state index in [4.69, 9.17) is 4.52 Å². The Hall–Kier alpha value is -1.70. The Labute approximate surface area is 155 Å². The SMILES string of the molecule is Cc1ccc(S(=O)(=O)N2CCCN(Cc3c(C)noc3C)CC2)c(C)c1. The molecule has 1 aliphatic rings. The summed E-state index contributed by atoms with van der Waals surface area (Å²) < 4.78 is 33.0. The molecule has 1 aliphatic heterocycles. The van der Waals surface area contributed by atoms with Crippen LogP contribution in [0.25, 0.3) is 0 Å². The van der Waals surface area contributed by atoms with E-state index in [1.165, 1.54) is 0 Å². The zero-order valence-electron chi connectivity index (χ0n) is 15.9. The molecule has 0 bridgehead atoms. The van der Waals surface area contributed by atoms with Crippen LogP contribution in [0.1, 0.15) is 34.6 Å². The van der Waals surface area contributed by atoms with Gasteiger partial charge in [0.1, 0.15) is 5.76 Å². The van der Waals surface area contributed by atoms with Crippen molar-refractivity contribution in [3.05, 3.63) is 46.3 Å². The topological polar surface area (TPSA) is 66.7 Å². The summed E-state index contributed by atoms with van der Waals surface area (Å²) in [5, 5.41) is 4.01. The van der Waals surface area contributed by atoms with Crippen molar-refractivity contribution < 1.29 is 12.9 Å². The Balaban J connectivity index is 1.73. The van der Waals surface area contributed by atoms with Crippen molar-refractivity contribution in [2.45, 2.75) is 45.6 Å². The number of aryl methyl sites for hydroxylation is 4. The Kier molecular flexibility index (Phi) is 5.50. The largest absolute Gasteiger partial charge is 0.361 e. The molecule has 2 heterocycles. The number of nitrogens with zero attached hydrogens (tertiary/aromatic N) is 3. The van der Waals surface area contributed by atoms with Gasteiger partial charge in [-0.1, -0.05) is 22.9 Å². The predicted octanol–water partition coefficient (Wildman–Crippen LogP) is 2.80. The van der Waals surface area contributed by atoms with Crippen LogP contribution in [-0.4, -0.2) is 49.0 Å². The number of hydrogen-bond acceptors (Lipinski definition) is 5. The minimum absolute atomic E-state index is 0.419. The molecule has 0 aliphatic carbocycles. The molecule has 0 N–H and O–H groups in total. The average molecular weight is 378 g/mol. The van der Waals surface area contributed by atoms with Crippen molar-refractivity contribution in [3.63, 3.8) is 0 Å². The highest BCUT2D eigenvalue weighted by atomic mass is 32.2. The van der Waals surface area contributed by atoms with Gasteiger partial charge >= 0.3 is 0 Å². The second-order valence-corrected chi connectivity index (χ2v) is 9.01. The molecule has 0 unspecified atom stereocenters. The maximum Gasteiger partial charge on any atom is 0.243 e. The molecule has 0 atom stereocenters. The second-order valence-electron chi connectivity index (χ2n) is 7.11. The van der Waals surface area contributed by atoms with Gasteiger partial charge in [0, 0.05) is 31.7 Å². The Morgan fingerprint density at radius 1 is 1.08 bits per heavy atom. The number of benzene rings is 1. The van der Waals surface area contributed by atoms with Gasteiger partial charge in [-0.3, -0.25) is 4.90 Å². The van der Waals surface area contributed by atoms with Crippen LogP contribution in [0.2, 0.25) is 0 Å². The minimum Gasteiger partial charge on any atom is -0.361 e. The average Bonchev–Trinajstić information content (AvgIpc) is 2.77. The number of sulfonamides is 1. The summed E-state index contributed by atoms with van der Waals surface area (Å²) in [5.74, 6) is 0.839. The van der Waals surface area contributed by atoms with Gasteiger partial charge in [0.15, 0.2) is 0 Å². The molecule has 7 heteroatoms. The molecule has 0 radical (unpaired) electrons. The van der Waals surface area contributed by atoms with Crippen molar-refractivity contribution >= 4 is 10.0 Å². The number of aromatic nitrogens is 1. The van der Waals surface area contributed by atoms with Crippen LogP contribution in [0.4, 0.5) is 0 Å². The molecule has 1 aromatic heterocycles. The molecule has 26 heavy (non-hydrogen) atoms. The first-order valence-electron chi connectivity index (χ1n) is 9.00. The van der Waals surface area contributed by atoms with Crippen LogP contribution in [-0.2, 0) is 16.6 Å². The van der Waals surface area contributed by atoms with Crippen LogP contribution in [0, 0.1) is 27.7 Å². The summed E-state index contributed by atoms with van der Waals surface area (Å²) >= 11 is 0. The van der Waals surface area contributed by atoms with Gasteiger partial charge in [-0.2, -0.15) is 4.31 Å². The van der Waals surface area contributed by atoms with Crippen molar-refractivity contribution in [1.29, 1.82) is 0 Å². The predicted molar refractivity (Wildman–Crippen MR) is 101 cm³/mol. The highest BCUT2D eigenvalue weighted by molar-refractivity contribution is 7.89. The first-order valence-corrected chi connectivity index (χ1v) is 10.4. The summed E-state index contributed by atoms with van der Waals surface area (Å²) in [6.45, 7) is 11.1. The van der Waals surface area contributed by atoms with E-state index in [0.717, 1.165) is 47.7 Å². The van der Waals surface area contributed by atoms with Crippen molar-refractivity contribution in [1.82, 2.24) is 14.4 Å². The van der Waals surface area contributed by atoms with Crippen LogP contribution >= 0.6 is 0 Å². The Morgan fingerprint density at radius 2 is 1.85 bits per heavy atom. The lowest BCUT2D eigenvalue weighted by Crippen LogP contribution is -2.35. The zero-order valence-corrected chi connectivity index (χ0v) is 16.8. The van der Waals surface area contributed by atoms with E-state index in [9.17, 15) is 8.42 Å². The highest BCUT2D eigenvalue weighted by Crippen LogP contribution is 2.23. The van der Waals surface area contributed by atoms with E-state index in [1.807, 2.05) is 39.8 Å². The van der Waals surface area contributed by atoms with Gasteiger partial charge in [0.25, 0.3) is 0 Å². The standard InChI is InChI=1S/C19H27N3O3S/c1-14-6-7-19(15(2)12-14)26(23,24)22-9-5-8-21(10-11-22)13-18-16(3)20-25-17(18)4/h6-7,12H,5,8-11,13H2,1-4H3. The van der Waals surface area contributed by atoms with Crippen LogP contribution in [0.3, 0.4) is 0 Å². The highest BCUT2D eigenvalue weighted by Gasteiger charge is 2.28. The number of hydrogen-bond donors (Lipinski definition) is 0. The molecular weight excluding hydrogens is 350 g/mol. The van der Waals surface area contributed by atoms with Gasteiger partial charge in [-0.05, 0) is 52.3 Å². The van der Waals surface area contributed by atoms with E-state index in [0.29, 0.717) is 24.5 Å². The van der Waals surface area contributed by atoms with Gasteiger partial charge in [-0.25, -0.2) is 8.42 Å². The normalized spacial score (nSPS) is 17.4. The summed E-state index contributed by atoms with van der Waals surface area (Å²) in [6.07, 6.45) is 0.813. The lowest BCUT2D eigenvalue weighted by atomic mass is 10.2. The summed E-state index contributed by atoms with van der Waals surface area (Å²) in [4.78, 5) is 2.70. The molecule has 1 saturated heterocycles. The lowest BCUT2D eigenvalue weighted by Gasteiger charge is -2.22. The summed E-state index contributed by atoms with van der Waals surface area (Å²) in [5.41, 5.74) is 3.90. The van der Waals surface area contributed by atoms with Crippen LogP contribution < -0.4 is 0 Å². The molecule has 3 rings (SSSR count). The van der Waals surface area contributed by atoms with Gasteiger partial charge in [0.05, 0.1) is 10.6 Å². The maximum atomic E-state index is 13.1. The molecule has 0 spiro atoms. The first kappa shape index (κ1) is 19.1. The molecule has 6 nitrogen and oxygen atoms in total. The van der Waals surface area contributed by atoms with Gasteiger partial charge < -0.3 is 4.52 Å². The fourth-order valence-corrected chi connectivity index (χ4v) is 5.20. The number of rotatable bonds is 4. The fraction of sp³-hybridized carbons (Fsp3) is 0.526. The van der Waals surface area contributed by atoms with E-state index in [-0.39, 0.29) is 0 Å². The van der Waals surface area contributed by atoms with E-state index in [1.54, 1.807) is 10.4 Å². The molecule has 0 saturated carbocycles. The molecule has 0 amide bonds. The van der Waals surface area contributed by atoms with Crippen molar-refractivity contribution in [2.75, 3.05) is 26.2 Å². The minimum atomic E-state index is -3.46. The van der Waals surface area contributed by atoms with Gasteiger partial charge in [0.2, 0.25) is 10.0 Å². The smallest absolute Gasteiger partial charge is 0.243 e. The third-order valence-corrected chi connectivity index (χ3v) is 7.12. The molecule has 2 aromatic rings. The molecule has 1 aromatic carbocycles. The molecule has 1 fully saturated rings. The third kappa shape index (κ3) is 3.84. The third-order valence-electron chi connectivity index (χ3n) is 5.06. The first-order chi connectivity index (χ1) is 12.3. The van der Waals surface area contributed by atoms with E-state index >= 15 is 0 Å². The zero-order chi connectivity index (χ0) is 18.9. The van der Waals surface area contributed by atoms with E-state index in [2.05, 4.69) is 10.1 Å². The maximum absolute atomic E-state index is 13.1. The van der Waals surface area contributed by atoms with Crippen molar-refractivity contribution in [2.24, 2.45) is 0 Å². The Bertz CT molecular complexity index is 870. The molecular formula is C19H27N3O3S. The quantitative estimate of drug-likeness (QED) is 0.820. The van der Waals surface area contributed by atoms with Crippen molar-refractivity contribution in [3.8, 4) is 0 Å². The molecule has 142 valence electrons. The van der Waals surface area contributed by atoms with Crippen LogP contribution in [0.5, 0.6) is 0 Å². The summed E-state index contributed by atoms with van der Waals surface area (Å²) in [6, 6.07) is 5.52. The van der Waals surface area contributed by atoms with E-state index < -0.39 is 10.0 Å². The Morgan fingerprint density at radius 3 is 2.50 bits per heavy atom. The fourth-order valence-electron chi connectivity index (χ4n) is 3.52. The second kappa shape index (κ2) is 7.50. The lowest BCUT2D eigenvalue weighted by molar-refractivity contribution is 0.276. The summed E-state index contributed by atoms with van der Waals surface area (Å²) in [7, 11) is -3.46. The monoisotopic (exact) mass is 377 g/mol.